The molecule has 1 unspecified atom stereocenters. The minimum absolute atomic E-state index is 0.113. The zero-order chi connectivity index (χ0) is 11.8. The smallest absolute Gasteiger partial charge is 0.147 e. The molecule has 0 bridgehead atoms. The Kier molecular flexibility index (Phi) is 2.99. The van der Waals surface area contributed by atoms with E-state index in [-0.39, 0.29) is 12.1 Å². The van der Waals surface area contributed by atoms with Gasteiger partial charge in [0, 0.05) is 6.04 Å². The number of aliphatic hydroxyl groups is 1. The van der Waals surface area contributed by atoms with E-state index in [2.05, 4.69) is 15.4 Å². The Morgan fingerprint density at radius 2 is 2.19 bits per heavy atom. The Balaban J connectivity index is 2.07. The van der Waals surface area contributed by atoms with Crippen LogP contribution in [0.5, 0.6) is 0 Å². The van der Waals surface area contributed by atoms with Crippen molar-refractivity contribution in [1.29, 1.82) is 0 Å². The van der Waals surface area contributed by atoms with Crippen molar-refractivity contribution in [2.24, 2.45) is 0 Å². The third-order valence-corrected chi connectivity index (χ3v) is 2.94. The molecule has 1 aromatic heterocycles. The summed E-state index contributed by atoms with van der Waals surface area (Å²) in [5.74, 6) is 1.68. The van der Waals surface area contributed by atoms with Gasteiger partial charge < -0.3 is 10.4 Å². The summed E-state index contributed by atoms with van der Waals surface area (Å²) in [5.41, 5.74) is -0.300. The lowest BCUT2D eigenvalue weighted by molar-refractivity contribution is 0.150. The summed E-state index contributed by atoms with van der Waals surface area (Å²) in [7, 11) is 0. The van der Waals surface area contributed by atoms with E-state index in [0.717, 1.165) is 11.6 Å². The number of aromatic nitrogens is 3. The Labute approximate surface area is 95.9 Å². The average Bonchev–Trinajstić information content (AvgIpc) is 2.94. The fourth-order valence-electron chi connectivity index (χ4n) is 1.90. The van der Waals surface area contributed by atoms with Crippen LogP contribution in [0.15, 0.2) is 0 Å². The molecule has 1 fully saturated rings. The number of rotatable bonds is 5. The maximum Gasteiger partial charge on any atom is 0.147 e. The van der Waals surface area contributed by atoms with Crippen molar-refractivity contribution in [2.75, 3.05) is 6.61 Å². The molecule has 2 rings (SSSR count). The van der Waals surface area contributed by atoms with Crippen LogP contribution in [0.3, 0.4) is 0 Å². The quantitative estimate of drug-likeness (QED) is 0.760. The fraction of sp³-hybridized carbons (Fsp3) is 0.818. The van der Waals surface area contributed by atoms with Gasteiger partial charge in [-0.3, -0.25) is 0 Å². The summed E-state index contributed by atoms with van der Waals surface area (Å²) in [6.45, 7) is 6.62. The van der Waals surface area contributed by atoms with Gasteiger partial charge in [-0.1, -0.05) is 0 Å². The molecule has 5 nitrogen and oxygen atoms in total. The normalized spacial score (nSPS) is 19.8. The highest BCUT2D eigenvalue weighted by Gasteiger charge is 2.32. The number of hydrogen-bond donors (Lipinski definition) is 2. The first kappa shape index (κ1) is 11.5. The lowest BCUT2D eigenvalue weighted by atomic mass is 10.0. The van der Waals surface area contributed by atoms with Gasteiger partial charge in [0.1, 0.15) is 11.6 Å². The lowest BCUT2D eigenvalue weighted by Gasteiger charge is -2.29. The molecule has 90 valence electrons. The van der Waals surface area contributed by atoms with Gasteiger partial charge in [-0.25, -0.2) is 9.67 Å². The Morgan fingerprint density at radius 1 is 1.50 bits per heavy atom. The minimum atomic E-state index is -0.300. The van der Waals surface area contributed by atoms with Gasteiger partial charge in [0.15, 0.2) is 0 Å². The predicted molar refractivity (Wildman–Crippen MR) is 61.1 cm³/mol. The summed E-state index contributed by atoms with van der Waals surface area (Å²) in [4.78, 5) is 4.27. The summed E-state index contributed by atoms with van der Waals surface area (Å²) in [5, 5.41) is 17.3. The summed E-state index contributed by atoms with van der Waals surface area (Å²) < 4.78 is 1.86. The molecule has 1 aliphatic rings. The molecule has 0 saturated heterocycles. The highest BCUT2D eigenvalue weighted by atomic mass is 16.3. The molecular weight excluding hydrogens is 204 g/mol. The van der Waals surface area contributed by atoms with E-state index in [0.29, 0.717) is 12.6 Å². The van der Waals surface area contributed by atoms with Crippen LogP contribution in [-0.2, 0) is 6.54 Å². The van der Waals surface area contributed by atoms with Gasteiger partial charge in [0.25, 0.3) is 0 Å². The summed E-state index contributed by atoms with van der Waals surface area (Å²) in [6.07, 6.45) is 2.43. The van der Waals surface area contributed by atoms with Gasteiger partial charge in [0.2, 0.25) is 0 Å². The number of aryl methyl sites for hydroxylation is 2. The minimum Gasteiger partial charge on any atom is -0.394 e. The van der Waals surface area contributed by atoms with Gasteiger partial charge in [-0.15, -0.1) is 0 Å². The van der Waals surface area contributed by atoms with E-state index in [1.54, 1.807) is 0 Å². The van der Waals surface area contributed by atoms with Crippen LogP contribution < -0.4 is 5.32 Å². The molecule has 2 N–H and O–H groups in total. The standard InChI is InChI=1S/C11H20N4O/c1-8-12-9(2)15(14-8)6-11(3,7-16)13-10-4-5-10/h10,13,16H,4-7H2,1-3H3. The van der Waals surface area contributed by atoms with Crippen molar-refractivity contribution in [2.45, 2.75) is 51.7 Å². The van der Waals surface area contributed by atoms with Gasteiger partial charge in [0.05, 0.1) is 18.7 Å². The molecule has 1 aliphatic carbocycles. The summed E-state index contributed by atoms with van der Waals surface area (Å²) >= 11 is 0. The van der Waals surface area contributed by atoms with Gasteiger partial charge in [-0.05, 0) is 33.6 Å². The number of aliphatic hydroxyl groups excluding tert-OH is 1. The van der Waals surface area contributed by atoms with Gasteiger partial charge in [-0.2, -0.15) is 5.10 Å². The van der Waals surface area contributed by atoms with E-state index >= 15 is 0 Å². The zero-order valence-electron chi connectivity index (χ0n) is 10.2. The Bertz CT molecular complexity index is 372. The second-order valence-electron chi connectivity index (χ2n) is 5.00. The third-order valence-electron chi connectivity index (χ3n) is 2.94. The maximum absolute atomic E-state index is 9.50. The highest BCUT2D eigenvalue weighted by Crippen LogP contribution is 2.23. The van der Waals surface area contributed by atoms with E-state index in [1.807, 2.05) is 25.5 Å². The van der Waals surface area contributed by atoms with Crippen LogP contribution in [0.25, 0.3) is 0 Å². The van der Waals surface area contributed by atoms with Crippen molar-refractivity contribution in [3.63, 3.8) is 0 Å². The molecule has 1 saturated carbocycles. The van der Waals surface area contributed by atoms with E-state index in [4.69, 9.17) is 0 Å². The lowest BCUT2D eigenvalue weighted by Crippen LogP contribution is -2.50. The fourth-order valence-corrected chi connectivity index (χ4v) is 1.90. The molecule has 0 amide bonds. The second kappa shape index (κ2) is 4.14. The van der Waals surface area contributed by atoms with Crippen molar-refractivity contribution >= 4 is 0 Å². The van der Waals surface area contributed by atoms with Crippen molar-refractivity contribution in [3.8, 4) is 0 Å². The number of nitrogens with one attached hydrogen (secondary N) is 1. The molecule has 0 aromatic carbocycles. The second-order valence-corrected chi connectivity index (χ2v) is 5.00. The van der Waals surface area contributed by atoms with Crippen LogP contribution in [0.4, 0.5) is 0 Å². The van der Waals surface area contributed by atoms with Gasteiger partial charge >= 0.3 is 0 Å². The molecule has 1 aromatic rings. The first-order valence-electron chi connectivity index (χ1n) is 5.79. The monoisotopic (exact) mass is 224 g/mol. The van der Waals surface area contributed by atoms with Crippen molar-refractivity contribution in [3.05, 3.63) is 11.6 Å². The van der Waals surface area contributed by atoms with Crippen LogP contribution in [0, 0.1) is 13.8 Å². The maximum atomic E-state index is 9.50. The molecular formula is C11H20N4O. The topological polar surface area (TPSA) is 63.0 Å². The average molecular weight is 224 g/mol. The molecule has 16 heavy (non-hydrogen) atoms. The van der Waals surface area contributed by atoms with E-state index < -0.39 is 0 Å². The first-order chi connectivity index (χ1) is 7.52. The zero-order valence-corrected chi connectivity index (χ0v) is 10.2. The van der Waals surface area contributed by atoms with Crippen LogP contribution >= 0.6 is 0 Å². The first-order valence-corrected chi connectivity index (χ1v) is 5.79. The Morgan fingerprint density at radius 3 is 2.62 bits per heavy atom. The predicted octanol–water partition coefficient (Wildman–Crippen LogP) is 0.398. The molecule has 1 atom stereocenters. The summed E-state index contributed by atoms with van der Waals surface area (Å²) in [6, 6.07) is 0.571. The van der Waals surface area contributed by atoms with Crippen molar-refractivity contribution < 1.29 is 5.11 Å². The van der Waals surface area contributed by atoms with E-state index in [9.17, 15) is 5.11 Å². The number of hydrogen-bond acceptors (Lipinski definition) is 4. The van der Waals surface area contributed by atoms with Crippen LogP contribution in [0.1, 0.15) is 31.4 Å². The molecule has 0 radical (unpaired) electrons. The van der Waals surface area contributed by atoms with E-state index in [1.165, 1.54) is 12.8 Å². The highest BCUT2D eigenvalue weighted by molar-refractivity contribution is 4.95. The van der Waals surface area contributed by atoms with Crippen LogP contribution in [0.2, 0.25) is 0 Å². The largest absolute Gasteiger partial charge is 0.394 e. The Hall–Kier alpha value is -0.940. The third kappa shape index (κ3) is 2.59. The van der Waals surface area contributed by atoms with Crippen LogP contribution in [-0.4, -0.2) is 38.1 Å². The number of nitrogens with zero attached hydrogens (tertiary/aromatic N) is 3. The molecule has 1 heterocycles. The SMILES string of the molecule is Cc1nc(C)n(CC(C)(CO)NC2CC2)n1. The molecule has 0 aliphatic heterocycles. The molecule has 0 spiro atoms. The molecule has 5 heteroatoms. The van der Waals surface area contributed by atoms with Crippen molar-refractivity contribution in [1.82, 2.24) is 20.1 Å².